The van der Waals surface area contributed by atoms with Crippen molar-refractivity contribution in [3.05, 3.63) is 159 Å². The Bertz CT molecular complexity index is 2480. The van der Waals surface area contributed by atoms with Gasteiger partial charge in [-0.2, -0.15) is 0 Å². The van der Waals surface area contributed by atoms with E-state index in [9.17, 15) is 0 Å². The molecule has 0 aliphatic heterocycles. The molecule has 282 valence electrons. The van der Waals surface area contributed by atoms with Crippen LogP contribution in [0.3, 0.4) is 0 Å². The van der Waals surface area contributed by atoms with E-state index < -0.39 is 0 Å². The van der Waals surface area contributed by atoms with E-state index in [1.807, 2.05) is 0 Å². The molecule has 0 spiro atoms. The van der Waals surface area contributed by atoms with Crippen molar-refractivity contribution in [1.29, 1.82) is 0 Å². The maximum Gasteiger partial charge on any atom is 0.0543 e. The predicted octanol–water partition coefficient (Wildman–Crippen LogP) is 15.9. The second-order valence-electron chi connectivity index (χ2n) is 18.0. The van der Waals surface area contributed by atoms with E-state index in [4.69, 9.17) is 0 Å². The average Bonchev–Trinajstić information content (AvgIpc) is 3.12. The topological polar surface area (TPSA) is 3.24 Å². The molecular formula is C54H61N. The van der Waals surface area contributed by atoms with E-state index in [2.05, 4.69) is 191 Å². The van der Waals surface area contributed by atoms with E-state index in [0.29, 0.717) is 11.8 Å². The third-order valence-corrected chi connectivity index (χ3v) is 12.3. The molecule has 7 aromatic carbocycles. The van der Waals surface area contributed by atoms with Gasteiger partial charge in [0.15, 0.2) is 0 Å². The van der Waals surface area contributed by atoms with Crippen LogP contribution >= 0.6 is 0 Å². The molecule has 0 radical (unpaired) electrons. The molecule has 1 heteroatoms. The Labute approximate surface area is 331 Å². The van der Waals surface area contributed by atoms with Gasteiger partial charge in [0.2, 0.25) is 0 Å². The summed E-state index contributed by atoms with van der Waals surface area (Å²) in [7, 11) is 0. The summed E-state index contributed by atoms with van der Waals surface area (Å²) in [4.78, 5) is 2.59. The summed E-state index contributed by atoms with van der Waals surface area (Å²) < 4.78 is 0. The Kier molecular flexibility index (Phi) is 10.5. The van der Waals surface area contributed by atoms with E-state index >= 15 is 0 Å². The quantitative estimate of drug-likeness (QED) is 0.100. The third kappa shape index (κ3) is 7.43. The Balaban J connectivity index is 1.64. The van der Waals surface area contributed by atoms with Crippen molar-refractivity contribution in [3.63, 3.8) is 0 Å². The van der Waals surface area contributed by atoms with Crippen LogP contribution in [0, 0.1) is 47.5 Å². The molecule has 0 fully saturated rings. The fraction of sp³-hybridized carbons (Fsp3) is 0.333. The summed E-state index contributed by atoms with van der Waals surface area (Å²) in [5.41, 5.74) is 17.3. The Morgan fingerprint density at radius 2 is 1.15 bits per heavy atom. The first kappa shape index (κ1) is 38.4. The third-order valence-electron chi connectivity index (χ3n) is 12.3. The maximum absolute atomic E-state index is 2.61. The largest absolute Gasteiger partial charge is 0.309 e. The molecule has 0 aliphatic rings. The molecule has 2 unspecified atom stereocenters. The summed E-state index contributed by atoms with van der Waals surface area (Å²) >= 11 is 0. The summed E-state index contributed by atoms with van der Waals surface area (Å²) in [5.74, 6) is 0.792. The molecule has 7 rings (SSSR count). The second kappa shape index (κ2) is 15.0. The van der Waals surface area contributed by atoms with E-state index in [1.54, 1.807) is 0 Å². The SMILES string of the molecule is CCC(CC=C(C)C)C(Cc1ccc(C)cc1C)c1cc(N(c2ccc(C)cc2C)c2ccc(C)cc2C)c2ccc3cc(C(C)(C)C)cc4ccc1c2c43. The minimum atomic E-state index is 0.0553. The van der Waals surface area contributed by atoms with E-state index in [-0.39, 0.29) is 5.41 Å². The maximum atomic E-state index is 2.61. The van der Waals surface area contributed by atoms with E-state index in [0.717, 1.165) is 19.3 Å². The molecule has 0 aromatic heterocycles. The number of aryl methyl sites for hydroxylation is 6. The second-order valence-corrected chi connectivity index (χ2v) is 18.0. The van der Waals surface area contributed by atoms with Gasteiger partial charge >= 0.3 is 0 Å². The standard InChI is InChI=1S/C54H61N/c1-13-40(18-14-33(2)3)47(31-41-19-15-34(4)26-37(41)7)48-32-51(55(49-24-16-35(5)27-38(49)8)50-25-17-36(6)28-39(50)9)46-23-21-43-30-44(54(10,11)12)29-42-20-22-45(48)53(46)52(42)43/h14-17,19-30,32,40,47H,13,18,31H2,1-12H3. The highest BCUT2D eigenvalue weighted by Gasteiger charge is 2.29. The average molecular weight is 724 g/mol. The van der Waals surface area contributed by atoms with Crippen LogP contribution in [-0.4, -0.2) is 0 Å². The number of benzene rings is 7. The van der Waals surface area contributed by atoms with Crippen molar-refractivity contribution in [2.24, 2.45) is 5.92 Å². The first-order valence-electron chi connectivity index (χ1n) is 20.5. The fourth-order valence-corrected chi connectivity index (χ4v) is 9.19. The van der Waals surface area contributed by atoms with Crippen LogP contribution < -0.4 is 4.90 Å². The fourth-order valence-electron chi connectivity index (χ4n) is 9.19. The van der Waals surface area contributed by atoms with Crippen LogP contribution in [0.1, 0.15) is 110 Å². The minimum Gasteiger partial charge on any atom is -0.309 e. The van der Waals surface area contributed by atoms with Crippen molar-refractivity contribution in [3.8, 4) is 0 Å². The van der Waals surface area contributed by atoms with Gasteiger partial charge in [-0.15, -0.1) is 0 Å². The Morgan fingerprint density at radius 1 is 0.600 bits per heavy atom. The molecule has 0 saturated carbocycles. The van der Waals surface area contributed by atoms with Crippen molar-refractivity contribution >= 4 is 49.4 Å². The normalized spacial score (nSPS) is 13.2. The van der Waals surface area contributed by atoms with Crippen LogP contribution in [0.25, 0.3) is 32.3 Å². The van der Waals surface area contributed by atoms with Gasteiger partial charge in [-0.3, -0.25) is 0 Å². The molecule has 0 saturated heterocycles. The molecule has 7 aromatic rings. The molecule has 0 aliphatic carbocycles. The van der Waals surface area contributed by atoms with Gasteiger partial charge in [-0.1, -0.05) is 141 Å². The molecular weight excluding hydrogens is 663 g/mol. The molecule has 0 N–H and O–H groups in total. The Morgan fingerprint density at radius 3 is 1.65 bits per heavy atom. The Hall–Kier alpha value is -4.88. The number of nitrogens with zero attached hydrogens (tertiary/aromatic N) is 1. The van der Waals surface area contributed by atoms with Crippen LogP contribution in [0.4, 0.5) is 17.1 Å². The molecule has 1 nitrogen and oxygen atoms in total. The minimum absolute atomic E-state index is 0.0553. The summed E-state index contributed by atoms with van der Waals surface area (Å²) in [6.07, 6.45) is 5.67. The number of hydrogen-bond acceptors (Lipinski definition) is 1. The highest BCUT2D eigenvalue weighted by atomic mass is 15.1. The van der Waals surface area contributed by atoms with Gasteiger partial charge in [0.1, 0.15) is 0 Å². The van der Waals surface area contributed by atoms with E-state index in [1.165, 1.54) is 105 Å². The monoisotopic (exact) mass is 723 g/mol. The lowest BCUT2D eigenvalue weighted by Crippen LogP contribution is -2.18. The zero-order valence-electron chi connectivity index (χ0n) is 35.5. The number of hydrogen-bond donors (Lipinski definition) is 0. The van der Waals surface area contributed by atoms with Gasteiger partial charge in [0.05, 0.1) is 5.69 Å². The summed E-state index contributed by atoms with van der Waals surface area (Å²) in [6.45, 7) is 27.4. The van der Waals surface area contributed by atoms with Gasteiger partial charge in [-0.25, -0.2) is 0 Å². The van der Waals surface area contributed by atoms with Crippen LogP contribution in [0.5, 0.6) is 0 Å². The molecule has 2 atom stereocenters. The van der Waals surface area contributed by atoms with Gasteiger partial charge in [0.25, 0.3) is 0 Å². The molecule has 55 heavy (non-hydrogen) atoms. The lowest BCUT2D eigenvalue weighted by Gasteiger charge is -2.34. The van der Waals surface area contributed by atoms with Crippen LogP contribution in [0.2, 0.25) is 0 Å². The zero-order chi connectivity index (χ0) is 39.3. The van der Waals surface area contributed by atoms with Gasteiger partial charge in [0, 0.05) is 16.8 Å². The first-order valence-corrected chi connectivity index (χ1v) is 20.5. The number of allylic oxidation sites excluding steroid dienone is 2. The highest BCUT2D eigenvalue weighted by Crippen LogP contribution is 2.50. The number of rotatable bonds is 10. The molecule has 0 bridgehead atoms. The van der Waals surface area contributed by atoms with Crippen molar-refractivity contribution < 1.29 is 0 Å². The highest BCUT2D eigenvalue weighted by molar-refractivity contribution is 6.26. The first-order chi connectivity index (χ1) is 26.1. The number of anilines is 3. The summed E-state index contributed by atoms with van der Waals surface area (Å²) in [5, 5.41) is 8.14. The zero-order valence-corrected chi connectivity index (χ0v) is 35.5. The molecule has 0 amide bonds. The van der Waals surface area contributed by atoms with Crippen molar-refractivity contribution in [2.75, 3.05) is 4.90 Å². The lowest BCUT2D eigenvalue weighted by atomic mass is 9.74. The summed E-state index contributed by atoms with van der Waals surface area (Å²) in [6, 6.07) is 38.2. The molecule has 0 heterocycles. The van der Waals surface area contributed by atoms with Gasteiger partial charge < -0.3 is 4.90 Å². The smallest absolute Gasteiger partial charge is 0.0543 e. The van der Waals surface area contributed by atoms with Crippen molar-refractivity contribution in [1.82, 2.24) is 0 Å². The van der Waals surface area contributed by atoms with Gasteiger partial charge in [-0.05, 0) is 164 Å². The lowest BCUT2D eigenvalue weighted by molar-refractivity contribution is 0.411. The predicted molar refractivity (Wildman–Crippen MR) is 243 cm³/mol. The van der Waals surface area contributed by atoms with Crippen LogP contribution in [0.15, 0.2) is 109 Å². The van der Waals surface area contributed by atoms with Crippen molar-refractivity contribution in [2.45, 2.75) is 114 Å². The van der Waals surface area contributed by atoms with Crippen LogP contribution in [-0.2, 0) is 11.8 Å².